The molecule has 0 saturated heterocycles. The molecule has 0 unspecified atom stereocenters. The highest BCUT2D eigenvalue weighted by atomic mass is 32.2. The van der Waals surface area contributed by atoms with Crippen LogP contribution < -0.4 is 10.5 Å². The predicted octanol–water partition coefficient (Wildman–Crippen LogP) is 0.629. The van der Waals surface area contributed by atoms with E-state index in [0.717, 1.165) is 5.56 Å². The Morgan fingerprint density at radius 2 is 2.10 bits per heavy atom. The topological polar surface area (TPSA) is 90.0 Å². The Morgan fingerprint density at radius 3 is 2.75 bits per heavy atom. The van der Waals surface area contributed by atoms with Crippen molar-refractivity contribution in [1.29, 1.82) is 0 Å². The lowest BCUT2D eigenvalue weighted by atomic mass is 10.2. The summed E-state index contributed by atoms with van der Waals surface area (Å²) in [4.78, 5) is 0.235. The minimum absolute atomic E-state index is 0.190. The van der Waals surface area contributed by atoms with Crippen LogP contribution in [0.15, 0.2) is 41.6 Å². The molecule has 3 N–H and O–H groups in total. The van der Waals surface area contributed by atoms with Crippen LogP contribution in [0.1, 0.15) is 11.1 Å². The highest BCUT2D eigenvalue weighted by Gasteiger charge is 2.16. The van der Waals surface area contributed by atoms with Gasteiger partial charge in [-0.25, -0.2) is 13.1 Å². The Bertz CT molecular complexity index is 679. The minimum atomic E-state index is -3.54. The summed E-state index contributed by atoms with van der Waals surface area (Å²) in [6.45, 7) is 2.89. The smallest absolute Gasteiger partial charge is 0.240 e. The van der Waals surface area contributed by atoms with Crippen molar-refractivity contribution in [1.82, 2.24) is 14.5 Å². The number of nitrogens with zero attached hydrogens (tertiary/aromatic N) is 2. The Balaban J connectivity index is 2.04. The molecule has 0 fully saturated rings. The van der Waals surface area contributed by atoms with E-state index in [-0.39, 0.29) is 18.0 Å². The first-order valence-corrected chi connectivity index (χ1v) is 7.78. The quantitative estimate of drug-likeness (QED) is 0.817. The molecule has 0 bridgehead atoms. The molecule has 1 heterocycles. The third-order valence-corrected chi connectivity index (χ3v) is 4.44. The number of hydrogen-bond donors (Lipinski definition) is 2. The predicted molar refractivity (Wildman–Crippen MR) is 76.5 cm³/mol. The van der Waals surface area contributed by atoms with Gasteiger partial charge in [-0.05, 0) is 24.1 Å². The molecule has 108 valence electrons. The fraction of sp³-hybridized carbons (Fsp3) is 0.308. The molecule has 1 aromatic carbocycles. The highest BCUT2D eigenvalue weighted by Crippen LogP contribution is 2.14. The SMILES string of the molecule is Cc1cnn(CCNS(=O)(=O)c2ccccc2CN)c1. The molecule has 2 aromatic rings. The van der Waals surface area contributed by atoms with E-state index in [0.29, 0.717) is 12.1 Å². The van der Waals surface area contributed by atoms with Gasteiger partial charge >= 0.3 is 0 Å². The van der Waals surface area contributed by atoms with E-state index in [2.05, 4.69) is 9.82 Å². The van der Waals surface area contributed by atoms with Crippen LogP contribution in [0.3, 0.4) is 0 Å². The van der Waals surface area contributed by atoms with Gasteiger partial charge in [0.1, 0.15) is 0 Å². The molecule has 0 amide bonds. The fourth-order valence-electron chi connectivity index (χ4n) is 1.90. The maximum Gasteiger partial charge on any atom is 0.240 e. The van der Waals surface area contributed by atoms with Crippen LogP contribution in [-0.4, -0.2) is 24.7 Å². The van der Waals surface area contributed by atoms with E-state index in [4.69, 9.17) is 5.73 Å². The Labute approximate surface area is 118 Å². The summed E-state index contributed by atoms with van der Waals surface area (Å²) in [7, 11) is -3.54. The molecule has 0 aliphatic rings. The van der Waals surface area contributed by atoms with Crippen LogP contribution >= 0.6 is 0 Å². The van der Waals surface area contributed by atoms with Gasteiger partial charge in [0.15, 0.2) is 0 Å². The van der Waals surface area contributed by atoms with Gasteiger partial charge < -0.3 is 5.73 Å². The Hall–Kier alpha value is -1.70. The second-order valence-corrected chi connectivity index (χ2v) is 6.23. The third-order valence-electron chi connectivity index (χ3n) is 2.88. The standard InChI is InChI=1S/C13H18N4O2S/c1-11-9-15-17(10-11)7-6-16-20(18,19)13-5-3-2-4-12(13)8-14/h2-5,9-10,16H,6-8,14H2,1H3. The van der Waals surface area contributed by atoms with Gasteiger partial charge in [0, 0.05) is 19.3 Å². The fourth-order valence-corrected chi connectivity index (χ4v) is 3.17. The van der Waals surface area contributed by atoms with Crippen molar-refractivity contribution in [3.8, 4) is 0 Å². The maximum absolute atomic E-state index is 12.2. The van der Waals surface area contributed by atoms with Crippen molar-refractivity contribution in [3.05, 3.63) is 47.8 Å². The molecule has 7 heteroatoms. The molecule has 2 rings (SSSR count). The van der Waals surface area contributed by atoms with Crippen molar-refractivity contribution >= 4 is 10.0 Å². The molecular formula is C13H18N4O2S. The summed E-state index contributed by atoms with van der Waals surface area (Å²) >= 11 is 0. The van der Waals surface area contributed by atoms with E-state index < -0.39 is 10.0 Å². The van der Waals surface area contributed by atoms with Gasteiger partial charge in [-0.15, -0.1) is 0 Å². The average Bonchev–Trinajstić information content (AvgIpc) is 2.84. The third kappa shape index (κ3) is 3.44. The largest absolute Gasteiger partial charge is 0.326 e. The lowest BCUT2D eigenvalue weighted by Crippen LogP contribution is -2.28. The van der Waals surface area contributed by atoms with Crippen LogP contribution in [-0.2, 0) is 23.1 Å². The zero-order chi connectivity index (χ0) is 14.6. The van der Waals surface area contributed by atoms with Gasteiger partial charge in [0.05, 0.1) is 17.6 Å². The van der Waals surface area contributed by atoms with Crippen LogP contribution in [0.2, 0.25) is 0 Å². The van der Waals surface area contributed by atoms with Crippen molar-refractivity contribution in [2.24, 2.45) is 5.73 Å². The number of nitrogens with one attached hydrogen (secondary N) is 1. The summed E-state index contributed by atoms with van der Waals surface area (Å²) in [6, 6.07) is 6.73. The maximum atomic E-state index is 12.2. The Morgan fingerprint density at radius 1 is 1.35 bits per heavy atom. The molecule has 0 saturated carbocycles. The number of rotatable bonds is 6. The van der Waals surface area contributed by atoms with Crippen LogP contribution in [0, 0.1) is 6.92 Å². The number of aryl methyl sites for hydroxylation is 1. The van der Waals surface area contributed by atoms with Gasteiger partial charge in [0.2, 0.25) is 10.0 Å². The number of aromatic nitrogens is 2. The molecule has 0 aliphatic carbocycles. The van der Waals surface area contributed by atoms with E-state index in [1.165, 1.54) is 0 Å². The minimum Gasteiger partial charge on any atom is -0.326 e. The van der Waals surface area contributed by atoms with Gasteiger partial charge in [0.25, 0.3) is 0 Å². The van der Waals surface area contributed by atoms with E-state index in [1.807, 2.05) is 13.1 Å². The zero-order valence-corrected chi connectivity index (χ0v) is 12.1. The van der Waals surface area contributed by atoms with Gasteiger partial charge in [-0.3, -0.25) is 4.68 Å². The molecule has 0 atom stereocenters. The van der Waals surface area contributed by atoms with Crippen LogP contribution in [0.25, 0.3) is 0 Å². The number of hydrogen-bond acceptors (Lipinski definition) is 4. The first-order valence-electron chi connectivity index (χ1n) is 6.29. The monoisotopic (exact) mass is 294 g/mol. The second kappa shape index (κ2) is 6.17. The molecule has 1 aromatic heterocycles. The van der Waals surface area contributed by atoms with Crippen molar-refractivity contribution in [3.63, 3.8) is 0 Å². The summed E-state index contributed by atoms with van der Waals surface area (Å²) in [5, 5.41) is 4.10. The lowest BCUT2D eigenvalue weighted by Gasteiger charge is -2.10. The summed E-state index contributed by atoms with van der Waals surface area (Å²) in [5.41, 5.74) is 7.21. The second-order valence-electron chi connectivity index (χ2n) is 4.49. The zero-order valence-electron chi connectivity index (χ0n) is 11.3. The van der Waals surface area contributed by atoms with E-state index in [1.54, 1.807) is 35.1 Å². The summed E-state index contributed by atoms with van der Waals surface area (Å²) in [6.07, 6.45) is 3.60. The molecule has 6 nitrogen and oxygen atoms in total. The highest BCUT2D eigenvalue weighted by molar-refractivity contribution is 7.89. The molecular weight excluding hydrogens is 276 g/mol. The average molecular weight is 294 g/mol. The molecule has 0 spiro atoms. The van der Waals surface area contributed by atoms with E-state index >= 15 is 0 Å². The van der Waals surface area contributed by atoms with Crippen molar-refractivity contribution in [2.45, 2.75) is 24.9 Å². The Kier molecular flexibility index (Phi) is 4.53. The molecule has 0 radical (unpaired) electrons. The van der Waals surface area contributed by atoms with E-state index in [9.17, 15) is 8.42 Å². The first kappa shape index (κ1) is 14.7. The summed E-state index contributed by atoms with van der Waals surface area (Å²) in [5.74, 6) is 0. The number of sulfonamides is 1. The number of nitrogens with two attached hydrogens (primary N) is 1. The molecule has 20 heavy (non-hydrogen) atoms. The lowest BCUT2D eigenvalue weighted by molar-refractivity contribution is 0.560. The summed E-state index contributed by atoms with van der Waals surface area (Å²) < 4.78 is 28.7. The van der Waals surface area contributed by atoms with Crippen molar-refractivity contribution in [2.75, 3.05) is 6.54 Å². The van der Waals surface area contributed by atoms with Crippen molar-refractivity contribution < 1.29 is 8.42 Å². The van der Waals surface area contributed by atoms with Gasteiger partial charge in [-0.2, -0.15) is 5.10 Å². The number of benzene rings is 1. The normalized spacial score (nSPS) is 11.7. The van der Waals surface area contributed by atoms with Crippen LogP contribution in [0.5, 0.6) is 0 Å². The first-order chi connectivity index (χ1) is 9.53. The van der Waals surface area contributed by atoms with Crippen LogP contribution in [0.4, 0.5) is 0 Å². The molecule has 0 aliphatic heterocycles. The van der Waals surface area contributed by atoms with Gasteiger partial charge in [-0.1, -0.05) is 18.2 Å².